The van der Waals surface area contributed by atoms with E-state index < -0.39 is 5.97 Å². The van der Waals surface area contributed by atoms with Crippen molar-refractivity contribution in [2.45, 2.75) is 33.1 Å². The number of anilines is 1. The van der Waals surface area contributed by atoms with E-state index >= 15 is 0 Å². The van der Waals surface area contributed by atoms with Crippen LogP contribution in [0, 0.1) is 6.92 Å². The minimum Gasteiger partial charge on any atom is -0.478 e. The van der Waals surface area contributed by atoms with Crippen LogP contribution in [0.3, 0.4) is 0 Å². The van der Waals surface area contributed by atoms with E-state index in [9.17, 15) is 14.4 Å². The standard InChI is InChI=1S/C15H20N2O4/c1-3-16-13(18)5-4-6-14(19)17-12-9-11(15(20)21)8-7-10(12)2/h7-9H,3-6H2,1-2H3,(H,16,18)(H,17,19)(H,20,21). The van der Waals surface area contributed by atoms with Gasteiger partial charge in [0.15, 0.2) is 0 Å². The third kappa shape index (κ3) is 5.64. The number of amides is 2. The lowest BCUT2D eigenvalue weighted by Gasteiger charge is -2.09. The topological polar surface area (TPSA) is 95.5 Å². The van der Waals surface area contributed by atoms with Gasteiger partial charge in [-0.15, -0.1) is 0 Å². The molecule has 114 valence electrons. The summed E-state index contributed by atoms with van der Waals surface area (Å²) in [4.78, 5) is 33.9. The predicted molar refractivity (Wildman–Crippen MR) is 79.3 cm³/mol. The Labute approximate surface area is 123 Å². The molecule has 0 fully saturated rings. The first-order valence-corrected chi connectivity index (χ1v) is 6.84. The van der Waals surface area contributed by atoms with E-state index in [1.165, 1.54) is 12.1 Å². The highest BCUT2D eigenvalue weighted by Gasteiger charge is 2.09. The van der Waals surface area contributed by atoms with Crippen LogP contribution < -0.4 is 10.6 Å². The lowest BCUT2D eigenvalue weighted by Crippen LogP contribution is -2.22. The van der Waals surface area contributed by atoms with Crippen LogP contribution in [0.1, 0.15) is 42.1 Å². The van der Waals surface area contributed by atoms with Crippen LogP contribution in [0.25, 0.3) is 0 Å². The zero-order valence-electron chi connectivity index (χ0n) is 12.2. The molecule has 1 aromatic rings. The number of hydrogen-bond acceptors (Lipinski definition) is 3. The van der Waals surface area contributed by atoms with Crippen LogP contribution >= 0.6 is 0 Å². The Bertz CT molecular complexity index is 540. The van der Waals surface area contributed by atoms with Crippen molar-refractivity contribution < 1.29 is 19.5 Å². The molecule has 1 aromatic carbocycles. The third-order valence-corrected chi connectivity index (χ3v) is 2.94. The van der Waals surface area contributed by atoms with Crippen molar-refractivity contribution in [1.29, 1.82) is 0 Å². The Balaban J connectivity index is 2.53. The highest BCUT2D eigenvalue weighted by Crippen LogP contribution is 2.17. The van der Waals surface area contributed by atoms with Crippen molar-refractivity contribution in [2.24, 2.45) is 0 Å². The molecule has 2 amide bonds. The zero-order valence-corrected chi connectivity index (χ0v) is 12.2. The van der Waals surface area contributed by atoms with Gasteiger partial charge in [0.25, 0.3) is 0 Å². The van der Waals surface area contributed by atoms with Crippen molar-refractivity contribution >= 4 is 23.5 Å². The highest BCUT2D eigenvalue weighted by atomic mass is 16.4. The Kier molecular flexibility index (Phi) is 6.39. The molecule has 0 radical (unpaired) electrons. The molecule has 0 saturated carbocycles. The lowest BCUT2D eigenvalue weighted by molar-refractivity contribution is -0.121. The number of aromatic carboxylic acids is 1. The molecule has 0 unspecified atom stereocenters. The maximum Gasteiger partial charge on any atom is 0.335 e. The fourth-order valence-electron chi connectivity index (χ4n) is 1.80. The van der Waals surface area contributed by atoms with E-state index in [2.05, 4.69) is 10.6 Å². The second-order valence-corrected chi connectivity index (χ2v) is 4.69. The number of aryl methyl sites for hydroxylation is 1. The molecule has 0 spiro atoms. The van der Waals surface area contributed by atoms with E-state index in [4.69, 9.17) is 5.11 Å². The minimum absolute atomic E-state index is 0.0747. The van der Waals surface area contributed by atoms with Gasteiger partial charge in [0.2, 0.25) is 11.8 Å². The third-order valence-electron chi connectivity index (χ3n) is 2.94. The summed E-state index contributed by atoms with van der Waals surface area (Å²) in [6, 6.07) is 4.57. The van der Waals surface area contributed by atoms with Gasteiger partial charge >= 0.3 is 5.97 Å². The van der Waals surface area contributed by atoms with Crippen LogP contribution in [0.4, 0.5) is 5.69 Å². The smallest absolute Gasteiger partial charge is 0.335 e. The number of carboxylic acids is 1. The second-order valence-electron chi connectivity index (χ2n) is 4.69. The second kappa shape index (κ2) is 8.04. The number of rotatable bonds is 7. The van der Waals surface area contributed by atoms with Crippen LogP contribution in [-0.4, -0.2) is 29.4 Å². The van der Waals surface area contributed by atoms with Gasteiger partial charge in [-0.1, -0.05) is 6.07 Å². The zero-order chi connectivity index (χ0) is 15.8. The first kappa shape index (κ1) is 16.7. The van der Waals surface area contributed by atoms with Gasteiger partial charge in [0.05, 0.1) is 5.56 Å². The average molecular weight is 292 g/mol. The quantitative estimate of drug-likeness (QED) is 0.715. The fraction of sp³-hybridized carbons (Fsp3) is 0.400. The van der Waals surface area contributed by atoms with Crippen LogP contribution in [0.2, 0.25) is 0 Å². The molecule has 6 nitrogen and oxygen atoms in total. The molecule has 0 bridgehead atoms. The van der Waals surface area contributed by atoms with Gasteiger partial charge in [-0.2, -0.15) is 0 Å². The molecular weight excluding hydrogens is 272 g/mol. The van der Waals surface area contributed by atoms with Gasteiger partial charge < -0.3 is 15.7 Å². The molecular formula is C15H20N2O4. The molecule has 0 aliphatic heterocycles. The first-order chi connectivity index (χ1) is 9.93. The van der Waals surface area contributed by atoms with Crippen molar-refractivity contribution in [3.63, 3.8) is 0 Å². The average Bonchev–Trinajstić information content (AvgIpc) is 2.41. The summed E-state index contributed by atoms with van der Waals surface area (Å²) in [7, 11) is 0. The fourth-order valence-corrected chi connectivity index (χ4v) is 1.80. The Morgan fingerprint density at radius 3 is 2.43 bits per heavy atom. The van der Waals surface area contributed by atoms with Gasteiger partial charge in [0, 0.05) is 25.1 Å². The predicted octanol–water partition coefficient (Wildman–Crippen LogP) is 1.94. The number of carbonyl (C=O) groups is 3. The number of carbonyl (C=O) groups excluding carboxylic acids is 2. The number of benzene rings is 1. The summed E-state index contributed by atoms with van der Waals surface area (Å²) in [6.45, 7) is 4.20. The SMILES string of the molecule is CCNC(=O)CCCC(=O)Nc1cc(C(=O)O)ccc1C. The Morgan fingerprint density at radius 1 is 1.14 bits per heavy atom. The van der Waals surface area contributed by atoms with Crippen LogP contribution in [0.15, 0.2) is 18.2 Å². The summed E-state index contributed by atoms with van der Waals surface area (Å²) in [6.07, 6.45) is 0.971. The summed E-state index contributed by atoms with van der Waals surface area (Å²) in [5.74, 6) is -1.35. The molecule has 0 atom stereocenters. The monoisotopic (exact) mass is 292 g/mol. The minimum atomic E-state index is -1.04. The normalized spacial score (nSPS) is 10.0. The van der Waals surface area contributed by atoms with Crippen molar-refractivity contribution in [3.05, 3.63) is 29.3 Å². The van der Waals surface area contributed by atoms with E-state index in [1.54, 1.807) is 13.0 Å². The maximum atomic E-state index is 11.8. The number of hydrogen-bond donors (Lipinski definition) is 3. The largest absolute Gasteiger partial charge is 0.478 e. The van der Waals surface area contributed by atoms with Gasteiger partial charge in [-0.25, -0.2) is 4.79 Å². The molecule has 6 heteroatoms. The van der Waals surface area contributed by atoms with Gasteiger partial charge in [-0.3, -0.25) is 9.59 Å². The molecule has 0 aromatic heterocycles. The molecule has 0 heterocycles. The van der Waals surface area contributed by atoms with Gasteiger partial charge in [0.1, 0.15) is 0 Å². The Hall–Kier alpha value is -2.37. The maximum absolute atomic E-state index is 11.8. The first-order valence-electron chi connectivity index (χ1n) is 6.84. The molecule has 3 N–H and O–H groups in total. The number of carboxylic acid groups (broad SMARTS) is 1. The van der Waals surface area contributed by atoms with E-state index in [0.29, 0.717) is 25.1 Å². The highest BCUT2D eigenvalue weighted by molar-refractivity contribution is 5.94. The Morgan fingerprint density at radius 2 is 1.81 bits per heavy atom. The summed E-state index contributed by atoms with van der Waals surface area (Å²) in [5, 5.41) is 14.3. The van der Waals surface area contributed by atoms with Gasteiger partial charge in [-0.05, 0) is 38.0 Å². The number of nitrogens with one attached hydrogen (secondary N) is 2. The van der Waals surface area contributed by atoms with Crippen molar-refractivity contribution in [1.82, 2.24) is 5.32 Å². The van der Waals surface area contributed by atoms with E-state index in [-0.39, 0.29) is 23.8 Å². The van der Waals surface area contributed by atoms with E-state index in [0.717, 1.165) is 5.56 Å². The van der Waals surface area contributed by atoms with Crippen LogP contribution in [-0.2, 0) is 9.59 Å². The van der Waals surface area contributed by atoms with Crippen LogP contribution in [0.5, 0.6) is 0 Å². The lowest BCUT2D eigenvalue weighted by atomic mass is 10.1. The molecule has 1 rings (SSSR count). The molecule has 0 saturated heterocycles. The summed E-state index contributed by atoms with van der Waals surface area (Å²) < 4.78 is 0. The summed E-state index contributed by atoms with van der Waals surface area (Å²) >= 11 is 0. The van der Waals surface area contributed by atoms with Crippen molar-refractivity contribution in [2.75, 3.05) is 11.9 Å². The molecule has 0 aliphatic rings. The molecule has 0 aliphatic carbocycles. The van der Waals surface area contributed by atoms with Crippen molar-refractivity contribution in [3.8, 4) is 0 Å². The van der Waals surface area contributed by atoms with E-state index in [1.807, 2.05) is 6.92 Å². The molecule has 21 heavy (non-hydrogen) atoms. The summed E-state index contributed by atoms with van der Waals surface area (Å²) in [5.41, 5.74) is 1.40.